The van der Waals surface area contributed by atoms with Gasteiger partial charge in [-0.2, -0.15) is 0 Å². The molecule has 11 heteroatoms. The average molecular weight is 487 g/mol. The highest BCUT2D eigenvalue weighted by atomic mass is 35.5. The third kappa shape index (κ3) is 3.97. The number of fused-ring (bicyclic) bond motifs is 1. The van der Waals surface area contributed by atoms with Gasteiger partial charge in [0.1, 0.15) is 5.82 Å². The minimum Gasteiger partial charge on any atom is -0.478 e. The van der Waals surface area contributed by atoms with Gasteiger partial charge in [0.25, 0.3) is 5.91 Å². The number of carbonyl (C=O) groups is 4. The first-order chi connectivity index (χ1) is 15.7. The van der Waals surface area contributed by atoms with Crippen LogP contribution in [0.2, 0.25) is 5.02 Å². The van der Waals surface area contributed by atoms with E-state index in [1.165, 1.54) is 18.2 Å². The summed E-state index contributed by atoms with van der Waals surface area (Å²) in [6, 6.07) is 9.18. The van der Waals surface area contributed by atoms with Gasteiger partial charge in [-0.3, -0.25) is 4.79 Å². The Morgan fingerprint density at radius 2 is 1.82 bits per heavy atom. The number of amides is 3. The summed E-state index contributed by atoms with van der Waals surface area (Å²) in [6.45, 7) is 0. The van der Waals surface area contributed by atoms with Crippen molar-refractivity contribution >= 4 is 63.8 Å². The number of primary amides is 1. The number of anilines is 1. The normalized spacial score (nSPS) is 14.1. The zero-order valence-electron chi connectivity index (χ0n) is 16.4. The summed E-state index contributed by atoms with van der Waals surface area (Å²) in [7, 11) is 0. The molecule has 0 unspecified atom stereocenters. The number of rotatable bonds is 4. The van der Waals surface area contributed by atoms with E-state index in [1.807, 2.05) is 0 Å². The Bertz CT molecular complexity index is 1370. The lowest BCUT2D eigenvalue weighted by atomic mass is 10.0. The number of thiophene rings is 1. The first-order valence-electron chi connectivity index (χ1n) is 9.16. The fraction of sp³-hybridized carbons (Fsp3) is 0. The van der Waals surface area contributed by atoms with Crippen LogP contribution >= 0.6 is 22.9 Å². The number of carboxylic acids is 1. The maximum absolute atomic E-state index is 14.3. The fourth-order valence-electron chi connectivity index (χ4n) is 3.26. The van der Waals surface area contributed by atoms with Gasteiger partial charge < -0.3 is 15.6 Å². The SMILES string of the molecule is NC(=O)N1C(=O)/C(=C(/OC(=O)c2cccc(C(=O)O)c2)c2cccs2)c2cc(F)c(Cl)cc21. The Hall–Kier alpha value is -4.02. The maximum Gasteiger partial charge on any atom is 0.343 e. The lowest BCUT2D eigenvalue weighted by Gasteiger charge is -2.12. The van der Waals surface area contributed by atoms with E-state index >= 15 is 0 Å². The van der Waals surface area contributed by atoms with Gasteiger partial charge in [0.05, 0.1) is 32.3 Å². The molecule has 4 rings (SSSR count). The molecule has 0 radical (unpaired) electrons. The molecule has 2 aromatic carbocycles. The second-order valence-corrected chi connectivity index (χ2v) is 8.07. The van der Waals surface area contributed by atoms with Gasteiger partial charge in [0.15, 0.2) is 5.76 Å². The average Bonchev–Trinajstić information content (AvgIpc) is 3.39. The van der Waals surface area contributed by atoms with E-state index < -0.39 is 29.7 Å². The van der Waals surface area contributed by atoms with E-state index in [4.69, 9.17) is 27.2 Å². The molecule has 1 aliphatic rings. The molecular weight excluding hydrogens is 475 g/mol. The number of imide groups is 1. The minimum absolute atomic E-state index is 0.0452. The number of benzene rings is 2. The first-order valence-corrected chi connectivity index (χ1v) is 10.4. The number of carbonyl (C=O) groups excluding carboxylic acids is 3. The van der Waals surface area contributed by atoms with Gasteiger partial charge >= 0.3 is 18.0 Å². The van der Waals surface area contributed by atoms with Crippen LogP contribution in [0.3, 0.4) is 0 Å². The molecule has 1 aromatic heterocycles. The molecule has 0 atom stereocenters. The molecule has 1 aliphatic heterocycles. The predicted octanol–water partition coefficient (Wildman–Crippen LogP) is 4.39. The molecule has 166 valence electrons. The van der Waals surface area contributed by atoms with Gasteiger partial charge in [0, 0.05) is 5.56 Å². The Morgan fingerprint density at radius 1 is 1.09 bits per heavy atom. The lowest BCUT2D eigenvalue weighted by Crippen LogP contribution is -2.38. The molecule has 0 bridgehead atoms. The zero-order chi connectivity index (χ0) is 23.9. The standard InChI is InChI=1S/C22H12ClFN2O6S/c23-13-9-15-12(8-14(13)24)17(19(27)26(15)22(25)31)18(16-5-2-6-33-16)32-21(30)11-4-1-3-10(7-11)20(28)29/h1-9H,(H2,25,31)(H,28,29)/b18-17+. The molecule has 0 spiro atoms. The number of hydrogen-bond acceptors (Lipinski definition) is 6. The Morgan fingerprint density at radius 3 is 2.45 bits per heavy atom. The van der Waals surface area contributed by atoms with Crippen molar-refractivity contribution in [3.05, 3.63) is 86.3 Å². The van der Waals surface area contributed by atoms with E-state index in [-0.39, 0.29) is 38.7 Å². The van der Waals surface area contributed by atoms with Crippen LogP contribution in [-0.2, 0) is 9.53 Å². The minimum atomic E-state index is -1.24. The van der Waals surface area contributed by atoms with Crippen LogP contribution in [0.5, 0.6) is 0 Å². The van der Waals surface area contributed by atoms with Crippen molar-refractivity contribution in [2.45, 2.75) is 0 Å². The predicted molar refractivity (Wildman–Crippen MR) is 118 cm³/mol. The summed E-state index contributed by atoms with van der Waals surface area (Å²) >= 11 is 6.95. The lowest BCUT2D eigenvalue weighted by molar-refractivity contribution is -0.112. The number of halogens is 2. The van der Waals surface area contributed by atoms with E-state index in [9.17, 15) is 23.6 Å². The van der Waals surface area contributed by atoms with Crippen LogP contribution in [-0.4, -0.2) is 29.0 Å². The summed E-state index contributed by atoms with van der Waals surface area (Å²) < 4.78 is 19.8. The molecule has 3 aromatic rings. The molecule has 2 heterocycles. The number of esters is 1. The van der Waals surface area contributed by atoms with Crippen molar-refractivity contribution in [3.8, 4) is 0 Å². The van der Waals surface area contributed by atoms with Crippen LogP contribution in [0.15, 0.2) is 53.9 Å². The number of carboxylic acid groups (broad SMARTS) is 1. The monoisotopic (exact) mass is 486 g/mol. The quantitative estimate of drug-likeness (QED) is 0.320. The number of aromatic carboxylic acids is 1. The van der Waals surface area contributed by atoms with E-state index in [2.05, 4.69) is 0 Å². The van der Waals surface area contributed by atoms with Gasteiger partial charge in [0.2, 0.25) is 0 Å². The maximum atomic E-state index is 14.3. The Labute approximate surface area is 194 Å². The molecule has 0 fully saturated rings. The molecule has 33 heavy (non-hydrogen) atoms. The van der Waals surface area contributed by atoms with Crippen LogP contribution in [0.4, 0.5) is 14.9 Å². The van der Waals surface area contributed by atoms with Crippen LogP contribution in [0.1, 0.15) is 31.2 Å². The summed E-state index contributed by atoms with van der Waals surface area (Å²) in [5, 5.41) is 10.5. The first kappa shape index (κ1) is 22.2. The molecule has 3 N–H and O–H groups in total. The van der Waals surface area contributed by atoms with E-state index in [0.717, 1.165) is 29.5 Å². The number of hydrogen-bond donors (Lipinski definition) is 2. The summed E-state index contributed by atoms with van der Waals surface area (Å²) in [6.07, 6.45) is 0. The number of urea groups is 1. The Balaban J connectivity index is 1.90. The highest BCUT2D eigenvalue weighted by molar-refractivity contribution is 7.11. The van der Waals surface area contributed by atoms with Crippen molar-refractivity contribution in [3.63, 3.8) is 0 Å². The second-order valence-electron chi connectivity index (χ2n) is 6.72. The Kier molecular flexibility index (Phi) is 5.71. The highest BCUT2D eigenvalue weighted by Gasteiger charge is 2.40. The summed E-state index contributed by atoms with van der Waals surface area (Å²) in [5.41, 5.74) is 4.74. The molecule has 3 amide bonds. The number of nitrogens with zero attached hydrogens (tertiary/aromatic N) is 1. The topological polar surface area (TPSA) is 127 Å². The molecule has 0 saturated heterocycles. The van der Waals surface area contributed by atoms with Crippen LogP contribution < -0.4 is 10.6 Å². The summed E-state index contributed by atoms with van der Waals surface area (Å²) in [5.74, 6) is -4.25. The van der Waals surface area contributed by atoms with Crippen molar-refractivity contribution in [2.24, 2.45) is 5.73 Å². The number of ether oxygens (including phenoxy) is 1. The van der Waals surface area contributed by atoms with Crippen LogP contribution in [0.25, 0.3) is 11.3 Å². The molecular formula is C22H12ClFN2O6S. The van der Waals surface area contributed by atoms with Gasteiger partial charge in [-0.05, 0) is 41.8 Å². The fourth-order valence-corrected chi connectivity index (χ4v) is 4.13. The second kappa shape index (κ2) is 8.49. The largest absolute Gasteiger partial charge is 0.478 e. The highest BCUT2D eigenvalue weighted by Crippen LogP contribution is 2.44. The third-order valence-corrected chi connectivity index (χ3v) is 5.86. The molecule has 8 nitrogen and oxygen atoms in total. The smallest absolute Gasteiger partial charge is 0.343 e. The van der Waals surface area contributed by atoms with E-state index in [1.54, 1.807) is 17.5 Å². The molecule has 0 aliphatic carbocycles. The summed E-state index contributed by atoms with van der Waals surface area (Å²) in [4.78, 5) is 50.2. The van der Waals surface area contributed by atoms with Crippen molar-refractivity contribution in [1.29, 1.82) is 0 Å². The van der Waals surface area contributed by atoms with Crippen molar-refractivity contribution < 1.29 is 33.4 Å². The van der Waals surface area contributed by atoms with Crippen LogP contribution in [0, 0.1) is 5.82 Å². The molecule has 0 saturated carbocycles. The van der Waals surface area contributed by atoms with Crippen molar-refractivity contribution in [2.75, 3.05) is 4.90 Å². The van der Waals surface area contributed by atoms with Gasteiger partial charge in [-0.15, -0.1) is 11.3 Å². The third-order valence-electron chi connectivity index (χ3n) is 4.70. The van der Waals surface area contributed by atoms with Gasteiger partial charge in [-0.25, -0.2) is 23.7 Å². The van der Waals surface area contributed by atoms with Crippen molar-refractivity contribution in [1.82, 2.24) is 0 Å². The zero-order valence-corrected chi connectivity index (χ0v) is 17.9. The van der Waals surface area contributed by atoms with Gasteiger partial charge in [-0.1, -0.05) is 23.7 Å². The number of nitrogens with two attached hydrogens (primary N) is 1. The van der Waals surface area contributed by atoms with E-state index in [0.29, 0.717) is 9.78 Å².